The van der Waals surface area contributed by atoms with E-state index in [1.54, 1.807) is 12.1 Å². The zero-order valence-electron chi connectivity index (χ0n) is 16.6. The zero-order valence-corrected chi connectivity index (χ0v) is 16.6. The predicted octanol–water partition coefficient (Wildman–Crippen LogP) is 2.20. The molecule has 0 radical (unpaired) electrons. The molecule has 0 N–H and O–H groups in total. The zero-order chi connectivity index (χ0) is 19.8. The molecule has 0 unspecified atom stereocenters. The summed E-state index contributed by atoms with van der Waals surface area (Å²) in [6.07, 6.45) is 5.15. The second-order valence-electron chi connectivity index (χ2n) is 7.74. The lowest BCUT2D eigenvalue weighted by Crippen LogP contribution is -2.51. The van der Waals surface area contributed by atoms with Crippen molar-refractivity contribution < 1.29 is 14.4 Å². The Morgan fingerprint density at radius 2 is 1.29 bits per heavy atom. The van der Waals surface area contributed by atoms with Crippen LogP contribution in [0.2, 0.25) is 0 Å². The Morgan fingerprint density at radius 3 is 1.93 bits per heavy atom. The SMILES string of the molecule is O=C(CCC(=O)N1CCN(CC(=O)N2CCCCCC2)CC1)c1ccccc1. The molecule has 2 saturated heterocycles. The molecule has 0 saturated carbocycles. The highest BCUT2D eigenvalue weighted by Gasteiger charge is 2.24. The summed E-state index contributed by atoms with van der Waals surface area (Å²) in [6.45, 7) is 4.92. The van der Waals surface area contributed by atoms with Gasteiger partial charge in [-0.1, -0.05) is 43.2 Å². The molecule has 0 aliphatic carbocycles. The molecule has 6 heteroatoms. The van der Waals surface area contributed by atoms with Crippen molar-refractivity contribution in [1.29, 1.82) is 0 Å². The minimum Gasteiger partial charge on any atom is -0.342 e. The lowest BCUT2D eigenvalue weighted by molar-refractivity contribution is -0.135. The lowest BCUT2D eigenvalue weighted by Gasteiger charge is -2.35. The van der Waals surface area contributed by atoms with Crippen molar-refractivity contribution in [3.8, 4) is 0 Å². The molecule has 152 valence electrons. The van der Waals surface area contributed by atoms with Gasteiger partial charge in [0.1, 0.15) is 0 Å². The number of Topliss-reactive ketones (excluding diaryl/α,β-unsaturated/α-hetero) is 1. The smallest absolute Gasteiger partial charge is 0.236 e. The summed E-state index contributed by atoms with van der Waals surface area (Å²) in [7, 11) is 0. The molecule has 0 bridgehead atoms. The number of benzene rings is 1. The van der Waals surface area contributed by atoms with Crippen molar-refractivity contribution in [2.45, 2.75) is 38.5 Å². The van der Waals surface area contributed by atoms with E-state index in [-0.39, 0.29) is 30.4 Å². The fourth-order valence-corrected chi connectivity index (χ4v) is 3.91. The molecule has 28 heavy (non-hydrogen) atoms. The van der Waals surface area contributed by atoms with Gasteiger partial charge in [0, 0.05) is 57.7 Å². The van der Waals surface area contributed by atoms with Crippen LogP contribution in [-0.2, 0) is 9.59 Å². The van der Waals surface area contributed by atoms with Crippen molar-refractivity contribution in [3.05, 3.63) is 35.9 Å². The molecule has 0 atom stereocenters. The number of carbonyl (C=O) groups is 3. The molecule has 6 nitrogen and oxygen atoms in total. The monoisotopic (exact) mass is 385 g/mol. The number of hydrogen-bond acceptors (Lipinski definition) is 4. The van der Waals surface area contributed by atoms with Gasteiger partial charge in [0.25, 0.3) is 0 Å². The summed E-state index contributed by atoms with van der Waals surface area (Å²) >= 11 is 0. The highest BCUT2D eigenvalue weighted by Crippen LogP contribution is 2.12. The van der Waals surface area contributed by atoms with E-state index in [2.05, 4.69) is 4.90 Å². The minimum atomic E-state index is 0.00984. The minimum absolute atomic E-state index is 0.00984. The number of carbonyl (C=O) groups excluding carboxylic acids is 3. The molecular weight excluding hydrogens is 354 g/mol. The maximum atomic E-state index is 12.5. The summed E-state index contributed by atoms with van der Waals surface area (Å²) in [4.78, 5) is 43.1. The van der Waals surface area contributed by atoms with Crippen molar-refractivity contribution in [2.24, 2.45) is 0 Å². The van der Waals surface area contributed by atoms with E-state index in [1.807, 2.05) is 28.0 Å². The maximum absolute atomic E-state index is 12.5. The van der Waals surface area contributed by atoms with Gasteiger partial charge < -0.3 is 9.80 Å². The normalized spacial score (nSPS) is 18.6. The van der Waals surface area contributed by atoms with Crippen LogP contribution < -0.4 is 0 Å². The number of nitrogens with zero attached hydrogens (tertiary/aromatic N) is 3. The third-order valence-electron chi connectivity index (χ3n) is 5.70. The van der Waals surface area contributed by atoms with E-state index in [0.717, 1.165) is 39.0 Å². The third-order valence-corrected chi connectivity index (χ3v) is 5.70. The molecular formula is C22H31N3O3. The highest BCUT2D eigenvalue weighted by molar-refractivity contribution is 5.97. The average molecular weight is 386 g/mol. The summed E-state index contributed by atoms with van der Waals surface area (Å²) in [5, 5.41) is 0. The summed E-state index contributed by atoms with van der Waals surface area (Å²) in [5.74, 6) is 0.258. The second-order valence-corrected chi connectivity index (χ2v) is 7.74. The molecule has 2 heterocycles. The third kappa shape index (κ3) is 5.89. The fourth-order valence-electron chi connectivity index (χ4n) is 3.91. The van der Waals surface area contributed by atoms with Gasteiger partial charge in [-0.2, -0.15) is 0 Å². The number of piperazine rings is 1. The van der Waals surface area contributed by atoms with Crippen LogP contribution in [0.4, 0.5) is 0 Å². The molecule has 2 aliphatic heterocycles. The first kappa shape index (κ1) is 20.5. The van der Waals surface area contributed by atoms with Crippen LogP contribution in [0.5, 0.6) is 0 Å². The van der Waals surface area contributed by atoms with E-state index in [9.17, 15) is 14.4 Å². The summed E-state index contributed by atoms with van der Waals surface area (Å²) in [5.41, 5.74) is 0.659. The van der Waals surface area contributed by atoms with E-state index in [1.165, 1.54) is 12.8 Å². The van der Waals surface area contributed by atoms with Gasteiger partial charge in [-0.05, 0) is 12.8 Å². The number of ketones is 1. The Balaban J connectivity index is 1.37. The molecule has 0 aromatic heterocycles. The van der Waals surface area contributed by atoms with Crippen LogP contribution in [0, 0.1) is 0 Å². The quantitative estimate of drug-likeness (QED) is 0.705. The fraction of sp³-hybridized carbons (Fsp3) is 0.591. The second kappa shape index (κ2) is 10.4. The summed E-state index contributed by atoms with van der Waals surface area (Å²) in [6, 6.07) is 9.11. The molecule has 3 rings (SSSR count). The number of hydrogen-bond donors (Lipinski definition) is 0. The Kier molecular flexibility index (Phi) is 7.60. The van der Waals surface area contributed by atoms with Gasteiger partial charge >= 0.3 is 0 Å². The number of amides is 2. The lowest BCUT2D eigenvalue weighted by atomic mass is 10.1. The van der Waals surface area contributed by atoms with Crippen LogP contribution >= 0.6 is 0 Å². The molecule has 0 spiro atoms. The van der Waals surface area contributed by atoms with Gasteiger partial charge in [-0.15, -0.1) is 0 Å². The largest absolute Gasteiger partial charge is 0.342 e. The number of likely N-dealkylation sites (tertiary alicyclic amines) is 1. The highest BCUT2D eigenvalue weighted by atomic mass is 16.2. The standard InChI is InChI=1S/C22H31N3O3/c26-20(19-8-4-3-5-9-19)10-11-21(27)25-16-14-23(15-17-25)18-22(28)24-12-6-1-2-7-13-24/h3-5,8-9H,1-2,6-7,10-18H2. The number of rotatable bonds is 6. The van der Waals surface area contributed by atoms with Crippen LogP contribution in [0.15, 0.2) is 30.3 Å². The van der Waals surface area contributed by atoms with Gasteiger partial charge in [-0.25, -0.2) is 0 Å². The van der Waals surface area contributed by atoms with Crippen molar-refractivity contribution in [2.75, 3.05) is 45.8 Å². The van der Waals surface area contributed by atoms with Crippen molar-refractivity contribution in [1.82, 2.24) is 14.7 Å². The van der Waals surface area contributed by atoms with E-state index < -0.39 is 0 Å². The van der Waals surface area contributed by atoms with Crippen molar-refractivity contribution >= 4 is 17.6 Å². The average Bonchev–Trinajstić information content (AvgIpc) is 3.02. The van der Waals surface area contributed by atoms with Gasteiger partial charge in [0.05, 0.1) is 6.54 Å². The Morgan fingerprint density at radius 1 is 0.679 bits per heavy atom. The Labute approximate surface area is 167 Å². The van der Waals surface area contributed by atoms with Crippen LogP contribution in [-0.4, -0.2) is 78.1 Å². The Hall–Kier alpha value is -2.21. The van der Waals surface area contributed by atoms with Crippen LogP contribution in [0.25, 0.3) is 0 Å². The summed E-state index contributed by atoms with van der Waals surface area (Å²) < 4.78 is 0. The van der Waals surface area contributed by atoms with Gasteiger partial charge in [-0.3, -0.25) is 19.3 Å². The first-order valence-electron chi connectivity index (χ1n) is 10.5. The van der Waals surface area contributed by atoms with E-state index in [4.69, 9.17) is 0 Å². The van der Waals surface area contributed by atoms with Gasteiger partial charge in [0.15, 0.2) is 5.78 Å². The molecule has 2 amide bonds. The Bertz CT molecular complexity index is 661. The molecule has 1 aromatic rings. The van der Waals surface area contributed by atoms with Crippen LogP contribution in [0.1, 0.15) is 48.9 Å². The maximum Gasteiger partial charge on any atom is 0.236 e. The first-order chi connectivity index (χ1) is 13.6. The molecule has 2 fully saturated rings. The topological polar surface area (TPSA) is 60.9 Å². The molecule has 1 aromatic carbocycles. The van der Waals surface area contributed by atoms with Crippen LogP contribution in [0.3, 0.4) is 0 Å². The van der Waals surface area contributed by atoms with E-state index in [0.29, 0.717) is 25.2 Å². The van der Waals surface area contributed by atoms with Crippen molar-refractivity contribution in [3.63, 3.8) is 0 Å². The van der Waals surface area contributed by atoms with E-state index >= 15 is 0 Å². The first-order valence-corrected chi connectivity index (χ1v) is 10.5. The van der Waals surface area contributed by atoms with Gasteiger partial charge in [0.2, 0.25) is 11.8 Å². The molecule has 2 aliphatic rings. The predicted molar refractivity (Wildman–Crippen MR) is 108 cm³/mol.